The Morgan fingerprint density at radius 1 is 1.50 bits per heavy atom. The number of anilines is 1. The van der Waals surface area contributed by atoms with Crippen LogP contribution in [0.3, 0.4) is 0 Å². The Bertz CT molecular complexity index is 451. The zero-order valence-corrected chi connectivity index (χ0v) is 8.29. The second kappa shape index (κ2) is 3.71. The molecule has 0 fully saturated rings. The Hall–Kier alpha value is -1.49. The normalized spacial score (nSPS) is 11.1. The molecule has 0 aliphatic rings. The Labute approximate surface area is 82.6 Å². The maximum absolute atomic E-state index is 11.5. The molecule has 1 aromatic rings. The van der Waals surface area contributed by atoms with E-state index in [9.17, 15) is 8.42 Å². The third-order valence-corrected chi connectivity index (χ3v) is 3.34. The van der Waals surface area contributed by atoms with E-state index < -0.39 is 9.84 Å². The summed E-state index contributed by atoms with van der Waals surface area (Å²) in [6.45, 7) is 3.35. The highest BCUT2D eigenvalue weighted by Crippen LogP contribution is 2.23. The van der Waals surface area contributed by atoms with Crippen molar-refractivity contribution in [2.45, 2.75) is 4.90 Å². The third kappa shape index (κ3) is 2.05. The van der Waals surface area contributed by atoms with Crippen LogP contribution in [0.1, 0.15) is 0 Å². The molecule has 0 saturated carbocycles. The standard InChI is InChI=1S/C9H11NO3S/c1-2-5-14(12,13)7-3-4-9(11)8(10)6-7/h2-4,6,11H,1,5,10H2. The maximum atomic E-state index is 11.5. The number of nitrogens with two attached hydrogens (primary N) is 1. The van der Waals surface area contributed by atoms with Crippen LogP contribution in [0, 0.1) is 0 Å². The van der Waals surface area contributed by atoms with Gasteiger partial charge in [0.05, 0.1) is 16.3 Å². The van der Waals surface area contributed by atoms with Crippen LogP contribution in [-0.4, -0.2) is 19.3 Å². The Kier molecular flexibility index (Phi) is 2.81. The second-order valence-electron chi connectivity index (χ2n) is 2.79. The monoisotopic (exact) mass is 213 g/mol. The van der Waals surface area contributed by atoms with E-state index in [0.29, 0.717) is 0 Å². The number of benzene rings is 1. The van der Waals surface area contributed by atoms with Gasteiger partial charge in [-0.25, -0.2) is 8.42 Å². The number of aromatic hydroxyl groups is 1. The fourth-order valence-electron chi connectivity index (χ4n) is 0.977. The van der Waals surface area contributed by atoms with Gasteiger partial charge < -0.3 is 10.8 Å². The van der Waals surface area contributed by atoms with E-state index in [2.05, 4.69) is 6.58 Å². The number of rotatable bonds is 3. The van der Waals surface area contributed by atoms with Crippen molar-refractivity contribution in [1.82, 2.24) is 0 Å². The first-order chi connectivity index (χ1) is 6.47. The Morgan fingerprint density at radius 3 is 2.64 bits per heavy atom. The summed E-state index contributed by atoms with van der Waals surface area (Å²) < 4.78 is 23.0. The molecule has 0 bridgehead atoms. The minimum Gasteiger partial charge on any atom is -0.506 e. The van der Waals surface area contributed by atoms with Crippen molar-refractivity contribution in [3.8, 4) is 5.75 Å². The molecule has 0 aliphatic heterocycles. The van der Waals surface area contributed by atoms with Crippen molar-refractivity contribution in [3.63, 3.8) is 0 Å². The van der Waals surface area contributed by atoms with Crippen molar-refractivity contribution in [1.29, 1.82) is 0 Å². The van der Waals surface area contributed by atoms with E-state index in [4.69, 9.17) is 10.8 Å². The first-order valence-electron chi connectivity index (χ1n) is 3.89. The van der Waals surface area contributed by atoms with Crippen LogP contribution in [0.4, 0.5) is 5.69 Å². The number of nitrogen functional groups attached to an aromatic ring is 1. The second-order valence-corrected chi connectivity index (χ2v) is 4.82. The van der Waals surface area contributed by atoms with Crippen molar-refractivity contribution >= 4 is 15.5 Å². The first-order valence-corrected chi connectivity index (χ1v) is 5.55. The summed E-state index contributed by atoms with van der Waals surface area (Å²) in [4.78, 5) is 0.0905. The number of sulfone groups is 1. The summed E-state index contributed by atoms with van der Waals surface area (Å²) in [5.74, 6) is -0.264. The average Bonchev–Trinajstić information content (AvgIpc) is 2.09. The van der Waals surface area contributed by atoms with Gasteiger partial charge in [0.15, 0.2) is 9.84 Å². The van der Waals surface area contributed by atoms with Crippen molar-refractivity contribution in [2.24, 2.45) is 0 Å². The van der Waals surface area contributed by atoms with Crippen LogP contribution in [0.25, 0.3) is 0 Å². The molecule has 0 amide bonds. The number of hydrogen-bond acceptors (Lipinski definition) is 4. The van der Waals surface area contributed by atoms with Crippen molar-refractivity contribution < 1.29 is 13.5 Å². The van der Waals surface area contributed by atoms with Gasteiger partial charge in [0, 0.05) is 0 Å². The fourth-order valence-corrected chi connectivity index (χ4v) is 2.06. The minimum atomic E-state index is -3.36. The summed E-state index contributed by atoms with van der Waals surface area (Å²) in [7, 11) is -3.36. The highest BCUT2D eigenvalue weighted by Gasteiger charge is 2.13. The van der Waals surface area contributed by atoms with Gasteiger partial charge in [-0.15, -0.1) is 6.58 Å². The molecular weight excluding hydrogens is 202 g/mol. The highest BCUT2D eigenvalue weighted by atomic mass is 32.2. The molecule has 3 N–H and O–H groups in total. The van der Waals surface area contributed by atoms with E-state index in [1.807, 2.05) is 0 Å². The highest BCUT2D eigenvalue weighted by molar-refractivity contribution is 7.91. The van der Waals surface area contributed by atoms with Gasteiger partial charge in [0.25, 0.3) is 0 Å². The minimum absolute atomic E-state index is 0.0511. The lowest BCUT2D eigenvalue weighted by Crippen LogP contribution is -2.04. The lowest BCUT2D eigenvalue weighted by molar-refractivity contribution is 0.477. The quantitative estimate of drug-likeness (QED) is 0.444. The molecule has 0 heterocycles. The van der Waals surface area contributed by atoms with Crippen LogP contribution in [0.2, 0.25) is 0 Å². The predicted molar refractivity (Wildman–Crippen MR) is 54.8 cm³/mol. The molecule has 1 aromatic carbocycles. The molecular formula is C9H11NO3S. The van der Waals surface area contributed by atoms with E-state index in [-0.39, 0.29) is 22.1 Å². The predicted octanol–water partition coefficient (Wildman–Crippen LogP) is 0.934. The average molecular weight is 213 g/mol. The zero-order valence-electron chi connectivity index (χ0n) is 7.47. The van der Waals surface area contributed by atoms with Crippen molar-refractivity contribution in [3.05, 3.63) is 30.9 Å². The molecule has 0 unspecified atom stereocenters. The maximum Gasteiger partial charge on any atom is 0.181 e. The Balaban J connectivity index is 3.21. The lowest BCUT2D eigenvalue weighted by atomic mass is 10.3. The number of phenolic OH excluding ortho intramolecular Hbond substituents is 1. The lowest BCUT2D eigenvalue weighted by Gasteiger charge is -2.03. The first kappa shape index (κ1) is 10.6. The van der Waals surface area contributed by atoms with Gasteiger partial charge in [-0.3, -0.25) is 0 Å². The van der Waals surface area contributed by atoms with Crippen LogP contribution < -0.4 is 5.73 Å². The number of hydrogen-bond donors (Lipinski definition) is 2. The molecule has 0 atom stereocenters. The van der Waals surface area contributed by atoms with Crippen LogP contribution in [-0.2, 0) is 9.84 Å². The molecule has 76 valence electrons. The molecule has 5 heteroatoms. The summed E-state index contributed by atoms with van der Waals surface area (Å²) in [6, 6.07) is 3.80. The summed E-state index contributed by atoms with van der Waals surface area (Å²) in [6.07, 6.45) is 1.30. The summed E-state index contributed by atoms with van der Waals surface area (Å²) in [5.41, 5.74) is 5.42. The third-order valence-electron chi connectivity index (χ3n) is 1.70. The van der Waals surface area contributed by atoms with Crippen molar-refractivity contribution in [2.75, 3.05) is 11.5 Å². The van der Waals surface area contributed by atoms with Gasteiger partial charge in [-0.1, -0.05) is 6.08 Å². The molecule has 1 rings (SSSR count). The molecule has 0 aliphatic carbocycles. The zero-order chi connectivity index (χ0) is 10.8. The molecule has 0 saturated heterocycles. The van der Waals surface area contributed by atoms with Gasteiger partial charge in [-0.05, 0) is 18.2 Å². The molecule has 0 radical (unpaired) electrons. The van der Waals surface area contributed by atoms with Crippen LogP contribution in [0.5, 0.6) is 5.75 Å². The van der Waals surface area contributed by atoms with E-state index in [1.165, 1.54) is 24.3 Å². The van der Waals surface area contributed by atoms with Gasteiger partial charge in [0.1, 0.15) is 5.75 Å². The molecule has 0 aromatic heterocycles. The van der Waals surface area contributed by atoms with E-state index in [1.54, 1.807) is 0 Å². The molecule has 14 heavy (non-hydrogen) atoms. The van der Waals surface area contributed by atoms with E-state index >= 15 is 0 Å². The smallest absolute Gasteiger partial charge is 0.181 e. The van der Waals surface area contributed by atoms with Gasteiger partial charge in [-0.2, -0.15) is 0 Å². The largest absolute Gasteiger partial charge is 0.506 e. The SMILES string of the molecule is C=CCS(=O)(=O)c1ccc(O)c(N)c1. The molecule has 4 nitrogen and oxygen atoms in total. The summed E-state index contributed by atoms with van der Waals surface area (Å²) >= 11 is 0. The van der Waals surface area contributed by atoms with Gasteiger partial charge in [0.2, 0.25) is 0 Å². The fraction of sp³-hybridized carbons (Fsp3) is 0.111. The van der Waals surface area contributed by atoms with Crippen LogP contribution in [0.15, 0.2) is 35.7 Å². The topological polar surface area (TPSA) is 80.4 Å². The molecule has 0 spiro atoms. The van der Waals surface area contributed by atoms with Gasteiger partial charge >= 0.3 is 0 Å². The Morgan fingerprint density at radius 2 is 2.14 bits per heavy atom. The van der Waals surface area contributed by atoms with E-state index in [0.717, 1.165) is 0 Å². The summed E-state index contributed by atoms with van der Waals surface area (Å²) in [5, 5.41) is 9.10. The number of phenols is 1. The van der Waals surface area contributed by atoms with Crippen LogP contribution >= 0.6 is 0 Å².